The Bertz CT molecular complexity index is 2050. The number of ketones is 2. The number of aldehydes is 1. The van der Waals surface area contributed by atoms with Gasteiger partial charge in [0.1, 0.15) is 6.29 Å². The molecule has 5 aliphatic rings. The molecule has 47 heavy (non-hydrogen) atoms. The number of allylic oxidation sites excluding steroid dienone is 12. The number of hydrogen-bond acceptors (Lipinski definition) is 4. The third-order valence-corrected chi connectivity index (χ3v) is 10.1. The third kappa shape index (κ3) is 5.24. The molecule has 0 amide bonds. The lowest BCUT2D eigenvalue weighted by Crippen LogP contribution is -2.30. The van der Waals surface area contributed by atoms with Gasteiger partial charge in [-0.1, -0.05) is 85.3 Å². The van der Waals surface area contributed by atoms with E-state index in [-0.39, 0.29) is 17.1 Å². The van der Waals surface area contributed by atoms with Crippen LogP contribution in [0.4, 0.5) is 5.69 Å². The average molecular weight is 614 g/mol. The van der Waals surface area contributed by atoms with E-state index in [4.69, 9.17) is 0 Å². The quantitative estimate of drug-likeness (QED) is 0.158. The molecule has 0 radical (unpaired) electrons. The van der Waals surface area contributed by atoms with Crippen molar-refractivity contribution in [1.29, 1.82) is 0 Å². The van der Waals surface area contributed by atoms with Gasteiger partial charge in [-0.05, 0) is 108 Å². The van der Waals surface area contributed by atoms with E-state index in [1.54, 1.807) is 18.2 Å². The minimum atomic E-state index is -0.313. The van der Waals surface area contributed by atoms with E-state index in [1.165, 1.54) is 51.7 Å². The van der Waals surface area contributed by atoms with Crippen molar-refractivity contribution in [2.45, 2.75) is 50.5 Å². The van der Waals surface area contributed by atoms with Crippen molar-refractivity contribution < 1.29 is 14.4 Å². The predicted molar refractivity (Wildman–Crippen MR) is 189 cm³/mol. The summed E-state index contributed by atoms with van der Waals surface area (Å²) >= 11 is 0. The summed E-state index contributed by atoms with van der Waals surface area (Å²) in [4.78, 5) is 40.2. The molecule has 2 unspecified atom stereocenters. The highest BCUT2D eigenvalue weighted by Crippen LogP contribution is 2.51. The number of Topliss-reactive ketones (excluding diaryl/α,β-unsaturated/α-hetero) is 2. The van der Waals surface area contributed by atoms with Gasteiger partial charge in [0.15, 0.2) is 11.6 Å². The van der Waals surface area contributed by atoms with E-state index >= 15 is 0 Å². The number of fused-ring (bicyclic) bond motifs is 4. The van der Waals surface area contributed by atoms with Gasteiger partial charge in [-0.2, -0.15) is 0 Å². The maximum absolute atomic E-state index is 13.2. The Hall–Kier alpha value is -5.35. The van der Waals surface area contributed by atoms with Crippen molar-refractivity contribution in [2.24, 2.45) is 0 Å². The second-order valence-electron chi connectivity index (χ2n) is 12.9. The minimum absolute atomic E-state index is 0.163. The first-order valence-electron chi connectivity index (χ1n) is 16.6. The fourth-order valence-electron chi connectivity index (χ4n) is 7.86. The van der Waals surface area contributed by atoms with Crippen molar-refractivity contribution in [3.05, 3.63) is 171 Å². The average Bonchev–Trinajstić information content (AvgIpc) is 3.71. The van der Waals surface area contributed by atoms with Crippen LogP contribution in [0.1, 0.15) is 92.2 Å². The second-order valence-corrected chi connectivity index (χ2v) is 12.9. The Morgan fingerprint density at radius 2 is 1.64 bits per heavy atom. The zero-order valence-electron chi connectivity index (χ0n) is 26.2. The van der Waals surface area contributed by atoms with Crippen LogP contribution in [0.2, 0.25) is 0 Å². The molecule has 0 saturated heterocycles. The number of anilines is 1. The standard InChI is InChI=1S/C43H35NO3/c45-27-30-18-21-35-38(26-30)43(47)39(42(35)46)25-29-19-22-41-37(24-29)34-15-8-16-40(34)44(41)33-14-7-9-28(17-20-33)23-36(31-10-3-1-4-11-31)32-12-5-2-6-13-32/h1,3-5,9-14,17-27,34,40H,2,6-8,15-16H2/b36-23+,39-25?. The Kier molecular flexibility index (Phi) is 7.49. The molecular formula is C43H35NO3. The molecule has 4 nitrogen and oxygen atoms in total. The van der Waals surface area contributed by atoms with Gasteiger partial charge in [-0.3, -0.25) is 14.4 Å². The Morgan fingerprint density at radius 1 is 0.787 bits per heavy atom. The van der Waals surface area contributed by atoms with E-state index < -0.39 is 0 Å². The maximum Gasteiger partial charge on any atom is 0.197 e. The van der Waals surface area contributed by atoms with Crippen LogP contribution >= 0.6 is 0 Å². The molecule has 4 aliphatic carbocycles. The predicted octanol–water partition coefficient (Wildman–Crippen LogP) is 9.55. The van der Waals surface area contributed by atoms with Crippen molar-refractivity contribution in [3.63, 3.8) is 0 Å². The molecule has 8 rings (SSSR count). The largest absolute Gasteiger partial charge is 0.338 e. The summed E-state index contributed by atoms with van der Waals surface area (Å²) in [5.74, 6) is -0.183. The van der Waals surface area contributed by atoms with E-state index in [9.17, 15) is 14.4 Å². The summed E-state index contributed by atoms with van der Waals surface area (Å²) in [5.41, 5.74) is 10.8. The molecule has 1 heterocycles. The van der Waals surface area contributed by atoms with Gasteiger partial charge in [-0.15, -0.1) is 0 Å². The molecule has 3 aromatic carbocycles. The Balaban J connectivity index is 1.09. The first-order valence-corrected chi connectivity index (χ1v) is 16.6. The Labute approximate surface area is 275 Å². The highest BCUT2D eigenvalue weighted by atomic mass is 16.2. The fraction of sp³-hybridized carbons (Fsp3) is 0.186. The summed E-state index contributed by atoms with van der Waals surface area (Å²) in [6.45, 7) is 0. The molecule has 1 saturated carbocycles. The van der Waals surface area contributed by atoms with Crippen LogP contribution in [0.15, 0.2) is 138 Å². The fourth-order valence-corrected chi connectivity index (χ4v) is 7.86. The molecule has 2 atom stereocenters. The smallest absolute Gasteiger partial charge is 0.197 e. The van der Waals surface area contributed by atoms with Gasteiger partial charge >= 0.3 is 0 Å². The van der Waals surface area contributed by atoms with E-state index in [1.807, 2.05) is 6.07 Å². The first kappa shape index (κ1) is 29.1. The number of benzene rings is 3. The lowest BCUT2D eigenvalue weighted by molar-refractivity contribution is 0.0990. The molecular weight excluding hydrogens is 578 g/mol. The molecule has 0 bridgehead atoms. The minimum Gasteiger partial charge on any atom is -0.338 e. The Morgan fingerprint density at radius 3 is 2.47 bits per heavy atom. The first-order chi connectivity index (χ1) is 23.1. The van der Waals surface area contributed by atoms with Gasteiger partial charge < -0.3 is 4.90 Å². The molecule has 1 fully saturated rings. The van der Waals surface area contributed by atoms with Crippen molar-refractivity contribution in [1.82, 2.24) is 0 Å². The van der Waals surface area contributed by atoms with Crippen LogP contribution in [0, 0.1) is 0 Å². The van der Waals surface area contributed by atoms with Crippen molar-refractivity contribution >= 4 is 35.2 Å². The van der Waals surface area contributed by atoms with Crippen LogP contribution < -0.4 is 4.90 Å². The summed E-state index contributed by atoms with van der Waals surface area (Å²) in [5, 5.41) is 0. The van der Waals surface area contributed by atoms with E-state index in [0.29, 0.717) is 34.9 Å². The lowest BCUT2D eigenvalue weighted by Gasteiger charge is -2.28. The third-order valence-electron chi connectivity index (χ3n) is 10.1. The van der Waals surface area contributed by atoms with Gasteiger partial charge in [0, 0.05) is 40.0 Å². The molecule has 3 aromatic rings. The van der Waals surface area contributed by atoms with Crippen LogP contribution in [0.25, 0.3) is 11.6 Å². The van der Waals surface area contributed by atoms with Gasteiger partial charge in [-0.25, -0.2) is 0 Å². The van der Waals surface area contributed by atoms with Crippen LogP contribution in [0.3, 0.4) is 0 Å². The molecule has 0 N–H and O–H groups in total. The number of hydrogen-bond donors (Lipinski definition) is 0. The summed E-state index contributed by atoms with van der Waals surface area (Å²) in [6.07, 6.45) is 27.2. The summed E-state index contributed by atoms with van der Waals surface area (Å²) < 4.78 is 0. The topological polar surface area (TPSA) is 54.5 Å². The van der Waals surface area contributed by atoms with Crippen LogP contribution in [-0.4, -0.2) is 23.9 Å². The van der Waals surface area contributed by atoms with E-state index in [0.717, 1.165) is 37.7 Å². The van der Waals surface area contributed by atoms with Crippen LogP contribution in [0.5, 0.6) is 0 Å². The number of carbonyl (C=O) groups is 3. The number of carbonyl (C=O) groups excluding carboxylic acids is 3. The van der Waals surface area contributed by atoms with Crippen molar-refractivity contribution in [3.8, 4) is 0 Å². The number of rotatable bonds is 6. The molecule has 0 aromatic heterocycles. The molecule has 4 heteroatoms. The molecule has 1 aliphatic heterocycles. The highest BCUT2D eigenvalue weighted by molar-refractivity contribution is 6.41. The SMILES string of the molecule is O=Cc1ccc2c(c1)C(=O)C(=Cc1ccc3c(c1)C1CCCC1N3C1=CCC=C(/C=C(/C3=CCCC=C3)c3ccccc3)C=C1)C2=O. The maximum atomic E-state index is 13.2. The summed E-state index contributed by atoms with van der Waals surface area (Å²) in [6, 6.07) is 22.1. The highest BCUT2D eigenvalue weighted by Gasteiger charge is 2.42. The van der Waals surface area contributed by atoms with Crippen molar-refractivity contribution in [2.75, 3.05) is 4.90 Å². The normalized spacial score (nSPS) is 22.5. The molecule has 230 valence electrons. The van der Waals surface area contributed by atoms with Gasteiger partial charge in [0.2, 0.25) is 0 Å². The van der Waals surface area contributed by atoms with Crippen LogP contribution in [-0.2, 0) is 0 Å². The second kappa shape index (κ2) is 12.1. The van der Waals surface area contributed by atoms with E-state index in [2.05, 4.69) is 96.0 Å². The molecule has 0 spiro atoms. The monoisotopic (exact) mass is 613 g/mol. The number of nitrogens with zero attached hydrogens (tertiary/aromatic N) is 1. The zero-order valence-corrected chi connectivity index (χ0v) is 26.2. The summed E-state index contributed by atoms with van der Waals surface area (Å²) in [7, 11) is 0. The van der Waals surface area contributed by atoms with Gasteiger partial charge in [0.25, 0.3) is 0 Å². The zero-order chi connectivity index (χ0) is 31.9. The lowest BCUT2D eigenvalue weighted by atomic mass is 9.92. The van der Waals surface area contributed by atoms with Gasteiger partial charge in [0.05, 0.1) is 5.57 Å².